The fraction of sp³-hybridized carbons (Fsp3) is 0.105. The summed E-state index contributed by atoms with van der Waals surface area (Å²) in [7, 11) is 3.17. The Kier molecular flexibility index (Phi) is 4.52. The second-order valence-electron chi connectivity index (χ2n) is 5.20. The van der Waals surface area contributed by atoms with Crippen LogP contribution in [0.1, 0.15) is 11.3 Å². The molecular weight excluding hydrogens is 304 g/mol. The number of H-pyrrole nitrogens is 1. The van der Waals surface area contributed by atoms with Crippen LogP contribution in [0, 0.1) is 0 Å². The Morgan fingerprint density at radius 3 is 2.46 bits per heavy atom. The van der Waals surface area contributed by atoms with E-state index >= 15 is 0 Å². The molecule has 0 aliphatic rings. The van der Waals surface area contributed by atoms with Crippen molar-refractivity contribution in [2.45, 2.75) is 0 Å². The first-order valence-corrected chi connectivity index (χ1v) is 7.44. The molecule has 3 aromatic rings. The highest BCUT2D eigenvalue weighted by Crippen LogP contribution is 2.30. The maximum absolute atomic E-state index is 9.66. The predicted molar refractivity (Wildman–Crippen MR) is 94.2 cm³/mol. The number of phenols is 1. The molecule has 2 N–H and O–H groups in total. The molecule has 1 aromatic heterocycles. The Balaban J connectivity index is 1.78. The summed E-state index contributed by atoms with van der Waals surface area (Å²) in [6.07, 6.45) is 3.95. The van der Waals surface area contributed by atoms with Crippen LogP contribution in [0.3, 0.4) is 0 Å². The van der Waals surface area contributed by atoms with Crippen LogP contribution in [0.4, 0.5) is 0 Å². The van der Waals surface area contributed by atoms with Crippen LogP contribution >= 0.6 is 0 Å². The molecular formula is C19H18N2O3. The molecule has 0 aliphatic heterocycles. The van der Waals surface area contributed by atoms with Gasteiger partial charge >= 0.3 is 0 Å². The van der Waals surface area contributed by atoms with Gasteiger partial charge in [-0.25, -0.2) is 0 Å². The van der Waals surface area contributed by atoms with E-state index in [0.29, 0.717) is 5.75 Å². The Labute approximate surface area is 140 Å². The molecule has 0 amide bonds. The number of phenolic OH excluding ortho intramolecular Hbond substituents is 1. The maximum Gasteiger partial charge on any atom is 0.161 e. The molecule has 5 heteroatoms. The van der Waals surface area contributed by atoms with Crippen LogP contribution < -0.4 is 9.47 Å². The smallest absolute Gasteiger partial charge is 0.161 e. The number of aromatic hydroxyl groups is 1. The van der Waals surface area contributed by atoms with Crippen molar-refractivity contribution in [2.24, 2.45) is 0 Å². The van der Waals surface area contributed by atoms with Gasteiger partial charge in [0.05, 0.1) is 25.6 Å². The Hall–Kier alpha value is -3.21. The summed E-state index contributed by atoms with van der Waals surface area (Å²) in [5.74, 6) is 1.36. The molecule has 0 spiro atoms. The van der Waals surface area contributed by atoms with Gasteiger partial charge in [0.2, 0.25) is 0 Å². The number of aromatic amines is 1. The lowest BCUT2D eigenvalue weighted by molar-refractivity contribution is 0.373. The first-order chi connectivity index (χ1) is 11.7. The molecule has 24 heavy (non-hydrogen) atoms. The van der Waals surface area contributed by atoms with E-state index in [1.807, 2.05) is 42.5 Å². The van der Waals surface area contributed by atoms with E-state index in [9.17, 15) is 5.11 Å². The number of methoxy groups -OCH3 is 2. The average molecular weight is 322 g/mol. The van der Waals surface area contributed by atoms with Gasteiger partial charge in [-0.3, -0.25) is 5.10 Å². The number of hydrogen-bond donors (Lipinski definition) is 2. The zero-order valence-electron chi connectivity index (χ0n) is 13.5. The summed E-state index contributed by atoms with van der Waals surface area (Å²) >= 11 is 0. The van der Waals surface area contributed by atoms with Gasteiger partial charge in [0.25, 0.3) is 0 Å². The molecule has 0 saturated carbocycles. The largest absolute Gasteiger partial charge is 0.504 e. The quantitative estimate of drug-likeness (QED) is 0.746. The number of ether oxygens (including phenoxy) is 2. The molecule has 0 fully saturated rings. The average Bonchev–Trinajstić information content (AvgIpc) is 3.10. The third-order valence-corrected chi connectivity index (χ3v) is 3.64. The Bertz CT molecular complexity index is 851. The fourth-order valence-electron chi connectivity index (χ4n) is 2.31. The minimum absolute atomic E-state index is 0.108. The highest BCUT2D eigenvalue weighted by molar-refractivity contribution is 5.71. The van der Waals surface area contributed by atoms with E-state index in [0.717, 1.165) is 28.3 Å². The van der Waals surface area contributed by atoms with Gasteiger partial charge < -0.3 is 14.6 Å². The van der Waals surface area contributed by atoms with E-state index in [-0.39, 0.29) is 5.75 Å². The van der Waals surface area contributed by atoms with Crippen LogP contribution in [-0.2, 0) is 0 Å². The summed E-state index contributed by atoms with van der Waals surface area (Å²) in [5.41, 5.74) is 3.60. The summed E-state index contributed by atoms with van der Waals surface area (Å²) in [5, 5.41) is 16.9. The zero-order chi connectivity index (χ0) is 16.9. The molecule has 0 unspecified atom stereocenters. The normalized spacial score (nSPS) is 10.9. The molecule has 0 aliphatic carbocycles. The molecule has 0 saturated heterocycles. The third-order valence-electron chi connectivity index (χ3n) is 3.64. The molecule has 0 radical (unpaired) electrons. The van der Waals surface area contributed by atoms with Gasteiger partial charge in [-0.05, 0) is 48.0 Å². The summed E-state index contributed by atoms with van der Waals surface area (Å²) in [4.78, 5) is 0. The predicted octanol–water partition coefficient (Wildman–Crippen LogP) is 3.97. The van der Waals surface area contributed by atoms with Crippen molar-refractivity contribution in [3.63, 3.8) is 0 Å². The van der Waals surface area contributed by atoms with Crippen molar-refractivity contribution >= 4 is 12.2 Å². The molecule has 5 nitrogen and oxygen atoms in total. The number of nitrogens with one attached hydrogen (secondary N) is 1. The third kappa shape index (κ3) is 3.41. The molecule has 1 heterocycles. The van der Waals surface area contributed by atoms with Crippen LogP contribution in [0.25, 0.3) is 23.4 Å². The monoisotopic (exact) mass is 322 g/mol. The number of benzene rings is 2. The minimum atomic E-state index is 0.108. The lowest BCUT2D eigenvalue weighted by Gasteiger charge is -2.04. The number of hydrogen-bond acceptors (Lipinski definition) is 4. The standard InChI is InChI=1S/C19H18N2O3/c1-23-16-8-4-13(5-9-16)3-7-15-12-17(21-20-15)14-6-10-18(22)19(11-14)24-2/h3-12,22H,1-2H3,(H,20,21)/b7-3+. The summed E-state index contributed by atoms with van der Waals surface area (Å²) < 4.78 is 10.3. The molecule has 0 atom stereocenters. The van der Waals surface area contributed by atoms with E-state index in [4.69, 9.17) is 9.47 Å². The lowest BCUT2D eigenvalue weighted by atomic mass is 10.1. The first-order valence-electron chi connectivity index (χ1n) is 7.44. The van der Waals surface area contributed by atoms with Gasteiger partial charge in [0, 0.05) is 5.56 Å². The fourth-order valence-corrected chi connectivity index (χ4v) is 2.31. The maximum atomic E-state index is 9.66. The molecule has 0 bridgehead atoms. The Morgan fingerprint density at radius 2 is 1.75 bits per heavy atom. The van der Waals surface area contributed by atoms with Crippen LogP contribution in [0.5, 0.6) is 17.2 Å². The second-order valence-corrected chi connectivity index (χ2v) is 5.20. The van der Waals surface area contributed by atoms with Crippen LogP contribution in [0.15, 0.2) is 48.5 Å². The number of nitrogens with zero attached hydrogens (tertiary/aromatic N) is 1. The van der Waals surface area contributed by atoms with Gasteiger partial charge in [-0.1, -0.05) is 18.2 Å². The molecule has 122 valence electrons. The highest BCUT2D eigenvalue weighted by Gasteiger charge is 2.07. The van der Waals surface area contributed by atoms with Crippen molar-refractivity contribution in [1.29, 1.82) is 0 Å². The first kappa shape index (κ1) is 15.7. The Morgan fingerprint density at radius 1 is 0.958 bits per heavy atom. The van der Waals surface area contributed by atoms with Crippen LogP contribution in [-0.4, -0.2) is 29.5 Å². The van der Waals surface area contributed by atoms with Gasteiger partial charge in [-0.15, -0.1) is 0 Å². The van der Waals surface area contributed by atoms with Crippen LogP contribution in [0.2, 0.25) is 0 Å². The SMILES string of the molecule is COc1ccc(/C=C/c2cc(-c3ccc(O)c(OC)c3)n[nH]2)cc1. The molecule has 2 aromatic carbocycles. The summed E-state index contributed by atoms with van der Waals surface area (Å²) in [6.45, 7) is 0. The van der Waals surface area contributed by atoms with Gasteiger partial charge in [0.15, 0.2) is 11.5 Å². The van der Waals surface area contributed by atoms with E-state index < -0.39 is 0 Å². The topological polar surface area (TPSA) is 67.4 Å². The highest BCUT2D eigenvalue weighted by atomic mass is 16.5. The summed E-state index contributed by atoms with van der Waals surface area (Å²) in [6, 6.07) is 14.9. The lowest BCUT2D eigenvalue weighted by Crippen LogP contribution is -1.85. The van der Waals surface area contributed by atoms with Gasteiger partial charge in [0.1, 0.15) is 5.75 Å². The van der Waals surface area contributed by atoms with Crippen molar-refractivity contribution in [1.82, 2.24) is 10.2 Å². The van der Waals surface area contributed by atoms with Crippen molar-refractivity contribution in [3.05, 3.63) is 59.8 Å². The van der Waals surface area contributed by atoms with E-state index in [1.165, 1.54) is 7.11 Å². The van der Waals surface area contributed by atoms with Crippen molar-refractivity contribution in [2.75, 3.05) is 14.2 Å². The van der Waals surface area contributed by atoms with Crippen molar-refractivity contribution < 1.29 is 14.6 Å². The van der Waals surface area contributed by atoms with Crippen molar-refractivity contribution in [3.8, 4) is 28.5 Å². The number of rotatable bonds is 5. The number of aromatic nitrogens is 2. The minimum Gasteiger partial charge on any atom is -0.504 e. The second kappa shape index (κ2) is 6.91. The zero-order valence-corrected chi connectivity index (χ0v) is 13.5. The van der Waals surface area contributed by atoms with E-state index in [1.54, 1.807) is 25.3 Å². The van der Waals surface area contributed by atoms with E-state index in [2.05, 4.69) is 10.2 Å². The molecule has 3 rings (SSSR count). The van der Waals surface area contributed by atoms with Gasteiger partial charge in [-0.2, -0.15) is 5.10 Å².